The summed E-state index contributed by atoms with van der Waals surface area (Å²) in [5, 5.41) is 4.22. The van der Waals surface area contributed by atoms with Crippen molar-refractivity contribution in [2.75, 3.05) is 34.7 Å². The lowest BCUT2D eigenvalue weighted by molar-refractivity contribution is -0.0274. The van der Waals surface area contributed by atoms with Gasteiger partial charge in [0, 0.05) is 28.6 Å². The number of aromatic nitrogens is 3. The van der Waals surface area contributed by atoms with E-state index in [0.717, 1.165) is 37.1 Å². The van der Waals surface area contributed by atoms with Gasteiger partial charge < -0.3 is 10.1 Å². The minimum Gasteiger partial charge on any atom is -0.447 e. The normalized spacial score (nSPS) is 26.6. The number of hydrogen-bond donors (Lipinski definition) is 2. The predicted octanol–water partition coefficient (Wildman–Crippen LogP) is 3.56. The molecule has 2 N–H and O–H groups in total. The highest BCUT2D eigenvalue weighted by Gasteiger charge is 2.59. The van der Waals surface area contributed by atoms with Gasteiger partial charge in [0.05, 0.1) is 40.0 Å². The molecule has 0 radical (unpaired) electrons. The van der Waals surface area contributed by atoms with Gasteiger partial charge >= 0.3 is 16.3 Å². The predicted molar refractivity (Wildman–Crippen MR) is 156 cm³/mol. The first-order chi connectivity index (χ1) is 20.4. The average molecular weight is 647 g/mol. The van der Waals surface area contributed by atoms with Crippen LogP contribution in [0.15, 0.2) is 30.5 Å². The molecule has 4 saturated carbocycles. The van der Waals surface area contributed by atoms with Gasteiger partial charge in [-0.2, -0.15) is 12.7 Å². The molecule has 0 atom stereocenters. The van der Waals surface area contributed by atoms with E-state index in [1.165, 1.54) is 23.5 Å². The van der Waals surface area contributed by atoms with Gasteiger partial charge in [-0.15, -0.1) is 11.3 Å². The zero-order valence-corrected chi connectivity index (χ0v) is 25.2. The van der Waals surface area contributed by atoms with Crippen molar-refractivity contribution in [1.29, 1.82) is 0 Å². The summed E-state index contributed by atoms with van der Waals surface area (Å²) in [7, 11) is -7.29. The van der Waals surface area contributed by atoms with Gasteiger partial charge in [-0.3, -0.25) is 4.72 Å². The number of hydrogen-bond acceptors (Lipinski definition) is 11. The molecular formula is C27H27FN6O6S3. The number of nitrogens with one attached hydrogen (secondary N) is 2. The van der Waals surface area contributed by atoms with E-state index in [0.29, 0.717) is 32.4 Å². The lowest BCUT2D eigenvalue weighted by Gasteiger charge is -2.60. The van der Waals surface area contributed by atoms with Crippen molar-refractivity contribution < 1.29 is 30.8 Å². The van der Waals surface area contributed by atoms with Crippen molar-refractivity contribution in [2.45, 2.75) is 43.6 Å². The molecule has 1 aromatic carbocycles. The van der Waals surface area contributed by atoms with Gasteiger partial charge in [0.15, 0.2) is 15.7 Å². The number of anilines is 2. The fraction of sp³-hybridized carbons (Fsp3) is 0.481. The van der Waals surface area contributed by atoms with E-state index >= 15 is 4.39 Å². The van der Waals surface area contributed by atoms with Crippen LogP contribution >= 0.6 is 11.3 Å². The Hall–Kier alpha value is -3.37. The quantitative estimate of drug-likeness (QED) is 0.370. The molecule has 2 aliphatic heterocycles. The van der Waals surface area contributed by atoms with E-state index in [1.807, 2.05) is 0 Å². The molecule has 12 nitrogen and oxygen atoms in total. The molecule has 4 aliphatic carbocycles. The number of thiazole rings is 1. The SMILES string of the molecule is O=C1OCCN1S(=O)(=O)Nc1cccc(-c2nc(C34CC(C3)C4)sc2-c2ccnc(NC3CC4(C3)CS(=O)(=O)C4)n2)c1F. The first kappa shape index (κ1) is 27.2. The molecule has 6 aliphatic rings. The standard InChI is InChI=1S/C27H27FN6O6S3/c28-20-17(2-1-3-18(20)33-43(38,39)34-6-7-40-25(34)35)21-22(41-23(32-21)27-8-15(9-27)10-27)19-4-5-29-24(31-19)30-16-11-26(12-16)13-42(36,37)14-26/h1-5,15-16,33H,6-14H2,(H,29,30,31). The highest BCUT2D eigenvalue weighted by Crippen LogP contribution is 2.66. The summed E-state index contributed by atoms with van der Waals surface area (Å²) >= 11 is 1.47. The summed E-state index contributed by atoms with van der Waals surface area (Å²) in [5.41, 5.74) is 0.559. The minimum atomic E-state index is -4.39. The number of benzene rings is 1. The number of ether oxygens (including phenoxy) is 1. The smallest absolute Gasteiger partial charge is 0.425 e. The molecule has 0 unspecified atom stereocenters. The van der Waals surface area contributed by atoms with Crippen LogP contribution in [0.2, 0.25) is 0 Å². The topological polar surface area (TPSA) is 161 Å². The van der Waals surface area contributed by atoms with Gasteiger partial charge in [-0.1, -0.05) is 6.07 Å². The number of sulfone groups is 1. The lowest BCUT2D eigenvalue weighted by atomic mass is 9.45. The van der Waals surface area contributed by atoms with Crippen molar-refractivity contribution in [1.82, 2.24) is 19.3 Å². The van der Waals surface area contributed by atoms with Crippen LogP contribution in [0.4, 0.5) is 20.8 Å². The molecule has 4 heterocycles. The van der Waals surface area contributed by atoms with Crippen LogP contribution in [0.3, 0.4) is 0 Å². The van der Waals surface area contributed by atoms with E-state index in [1.54, 1.807) is 18.3 Å². The third kappa shape index (κ3) is 4.39. The fourth-order valence-corrected chi connectivity index (χ4v) is 11.8. The number of rotatable bonds is 8. The van der Waals surface area contributed by atoms with Crippen LogP contribution in [-0.2, 0) is 30.2 Å². The Morgan fingerprint density at radius 1 is 1.09 bits per heavy atom. The van der Waals surface area contributed by atoms with E-state index in [2.05, 4.69) is 15.0 Å². The Morgan fingerprint density at radius 3 is 2.51 bits per heavy atom. The summed E-state index contributed by atoms with van der Waals surface area (Å²) in [6, 6.07) is 6.17. The molecule has 3 aromatic rings. The summed E-state index contributed by atoms with van der Waals surface area (Å²) in [4.78, 5) is 26.5. The summed E-state index contributed by atoms with van der Waals surface area (Å²) in [5.74, 6) is 0.742. The Kier molecular flexibility index (Phi) is 5.74. The Bertz CT molecular complexity index is 1880. The second kappa shape index (κ2) is 9.08. The molecule has 1 amide bonds. The Labute approximate surface area is 251 Å². The lowest BCUT2D eigenvalue weighted by Crippen LogP contribution is -2.60. The molecule has 43 heavy (non-hydrogen) atoms. The number of nitrogens with zero attached hydrogens (tertiary/aromatic N) is 4. The molecular weight excluding hydrogens is 620 g/mol. The minimum absolute atomic E-state index is 0.00834. The summed E-state index contributed by atoms with van der Waals surface area (Å²) in [6.45, 7) is -0.238. The third-order valence-electron chi connectivity index (χ3n) is 9.26. The maximum absolute atomic E-state index is 16.1. The number of carbonyl (C=O) groups excluding carboxylic acids is 1. The molecule has 6 fully saturated rings. The Morgan fingerprint density at radius 2 is 1.86 bits per heavy atom. The van der Waals surface area contributed by atoms with Crippen LogP contribution in [0, 0.1) is 17.2 Å². The van der Waals surface area contributed by atoms with Crippen LogP contribution in [0.5, 0.6) is 0 Å². The zero-order valence-electron chi connectivity index (χ0n) is 22.7. The molecule has 16 heteroatoms. The summed E-state index contributed by atoms with van der Waals surface area (Å²) < 4.78 is 72.5. The van der Waals surface area contributed by atoms with Crippen molar-refractivity contribution >= 4 is 49.1 Å². The number of carbonyl (C=O) groups is 1. The Balaban J connectivity index is 1.11. The van der Waals surface area contributed by atoms with Crippen molar-refractivity contribution in [2.24, 2.45) is 11.3 Å². The van der Waals surface area contributed by atoms with E-state index in [4.69, 9.17) is 14.7 Å². The zero-order chi connectivity index (χ0) is 29.8. The van der Waals surface area contributed by atoms with E-state index in [9.17, 15) is 21.6 Å². The van der Waals surface area contributed by atoms with Crippen LogP contribution in [-0.4, -0.2) is 72.9 Å². The molecule has 9 rings (SSSR count). The van der Waals surface area contributed by atoms with Crippen LogP contribution < -0.4 is 10.0 Å². The molecule has 2 saturated heterocycles. The molecule has 226 valence electrons. The number of halogens is 1. The van der Waals surface area contributed by atoms with Crippen molar-refractivity contribution in [3.05, 3.63) is 41.3 Å². The average Bonchev–Trinajstić information content (AvgIpc) is 3.48. The number of cyclic esters (lactones) is 1. The van der Waals surface area contributed by atoms with Gasteiger partial charge in [0.2, 0.25) is 5.95 Å². The van der Waals surface area contributed by atoms with Gasteiger partial charge in [0.25, 0.3) is 0 Å². The van der Waals surface area contributed by atoms with Crippen molar-refractivity contribution in [3.63, 3.8) is 0 Å². The van der Waals surface area contributed by atoms with Crippen LogP contribution in [0.25, 0.3) is 21.8 Å². The fourth-order valence-electron chi connectivity index (χ4n) is 7.18. The van der Waals surface area contributed by atoms with Crippen molar-refractivity contribution in [3.8, 4) is 21.8 Å². The third-order valence-corrected chi connectivity index (χ3v) is 14.1. The second-order valence-corrected chi connectivity index (χ2v) is 17.1. The van der Waals surface area contributed by atoms with Gasteiger partial charge in [0.1, 0.15) is 11.6 Å². The maximum Gasteiger partial charge on any atom is 0.425 e. The van der Waals surface area contributed by atoms with Crippen LogP contribution in [0.1, 0.15) is 37.1 Å². The van der Waals surface area contributed by atoms with E-state index < -0.39 is 32.0 Å². The second-order valence-electron chi connectivity index (χ2n) is 12.5. The highest BCUT2D eigenvalue weighted by molar-refractivity contribution is 7.92. The highest BCUT2D eigenvalue weighted by atomic mass is 32.2. The van der Waals surface area contributed by atoms with E-state index in [-0.39, 0.29) is 52.8 Å². The monoisotopic (exact) mass is 646 g/mol. The number of amides is 1. The molecule has 1 spiro atoms. The first-order valence-corrected chi connectivity index (χ1v) is 18.1. The largest absolute Gasteiger partial charge is 0.447 e. The molecule has 2 aromatic heterocycles. The summed E-state index contributed by atoms with van der Waals surface area (Å²) in [6.07, 6.45) is 5.21. The van der Waals surface area contributed by atoms with Gasteiger partial charge in [-0.05, 0) is 56.2 Å². The first-order valence-electron chi connectivity index (χ1n) is 14.0. The maximum atomic E-state index is 16.1. The van der Waals surface area contributed by atoms with Gasteiger partial charge in [-0.25, -0.2) is 32.6 Å². The molecule has 2 bridgehead atoms.